The molecule has 0 saturated heterocycles. The molecule has 0 unspecified atom stereocenters. The van der Waals surface area contributed by atoms with E-state index in [1.165, 1.54) is 12.2 Å². The van der Waals surface area contributed by atoms with Gasteiger partial charge in [-0.2, -0.15) is 0 Å². The lowest BCUT2D eigenvalue weighted by Gasteiger charge is -2.11. The highest BCUT2D eigenvalue weighted by Crippen LogP contribution is 2.21. The average Bonchev–Trinajstić information content (AvgIpc) is 3.03. The molecule has 0 aliphatic rings. The van der Waals surface area contributed by atoms with Crippen LogP contribution in [0.3, 0.4) is 0 Å². The van der Waals surface area contributed by atoms with Crippen molar-refractivity contribution in [1.29, 1.82) is 0 Å². The van der Waals surface area contributed by atoms with E-state index in [-0.39, 0.29) is 11.7 Å². The van der Waals surface area contributed by atoms with E-state index in [0.717, 1.165) is 11.3 Å². The first-order valence-electron chi connectivity index (χ1n) is 7.87. The molecule has 0 fully saturated rings. The van der Waals surface area contributed by atoms with Gasteiger partial charge in [0.1, 0.15) is 17.3 Å². The monoisotopic (exact) mass is 407 g/mol. The molecule has 2 amide bonds. The van der Waals surface area contributed by atoms with Gasteiger partial charge in [-0.1, -0.05) is 11.6 Å². The van der Waals surface area contributed by atoms with E-state index in [0.29, 0.717) is 16.5 Å². The van der Waals surface area contributed by atoms with Crippen LogP contribution in [0, 0.1) is 13.8 Å². The van der Waals surface area contributed by atoms with Crippen LogP contribution in [-0.2, 0) is 9.59 Å². The summed E-state index contributed by atoms with van der Waals surface area (Å²) in [5, 5.41) is 2.91. The van der Waals surface area contributed by atoms with Crippen LogP contribution in [-0.4, -0.2) is 23.5 Å². The Hall–Kier alpha value is -2.84. The molecule has 3 N–H and O–H groups in total. The van der Waals surface area contributed by atoms with Gasteiger partial charge in [0, 0.05) is 11.1 Å². The standard InChI is InChI=1S/C18H18ClN3O4S/c1-11-9-13(19)4-7-15(11)25-10-17(24)21-22-18(27)20-16(23)8-6-14-5-3-12(2)26-14/h3-9H,10H2,1-2H3,(H,21,24)(H2,20,22,23,27). The smallest absolute Gasteiger partial charge is 0.276 e. The van der Waals surface area contributed by atoms with Gasteiger partial charge in [0.15, 0.2) is 11.7 Å². The Bertz CT molecular complexity index is 879. The number of hydrogen-bond acceptors (Lipinski definition) is 5. The van der Waals surface area contributed by atoms with E-state index in [4.69, 9.17) is 33.0 Å². The Balaban J connectivity index is 1.70. The third-order valence-electron chi connectivity index (χ3n) is 3.21. The Morgan fingerprint density at radius 3 is 2.67 bits per heavy atom. The van der Waals surface area contributed by atoms with Gasteiger partial charge in [-0.3, -0.25) is 25.8 Å². The first-order chi connectivity index (χ1) is 12.8. The number of hydrogen-bond donors (Lipinski definition) is 3. The number of hydrazine groups is 1. The fraction of sp³-hybridized carbons (Fsp3) is 0.167. The van der Waals surface area contributed by atoms with Gasteiger partial charge in [0.25, 0.3) is 5.91 Å². The molecule has 0 spiro atoms. The minimum absolute atomic E-state index is 0.0590. The van der Waals surface area contributed by atoms with Gasteiger partial charge in [0.05, 0.1) is 0 Å². The highest BCUT2D eigenvalue weighted by molar-refractivity contribution is 7.80. The summed E-state index contributed by atoms with van der Waals surface area (Å²) >= 11 is 10.8. The van der Waals surface area contributed by atoms with Crippen LogP contribution in [0.1, 0.15) is 17.1 Å². The molecular formula is C18H18ClN3O4S. The normalized spacial score (nSPS) is 10.5. The first-order valence-corrected chi connectivity index (χ1v) is 8.65. The number of aryl methyl sites for hydroxylation is 2. The maximum atomic E-state index is 11.8. The topological polar surface area (TPSA) is 92.6 Å². The number of benzene rings is 1. The van der Waals surface area contributed by atoms with Crippen LogP contribution < -0.4 is 20.9 Å². The number of nitrogens with one attached hydrogen (secondary N) is 3. The average molecular weight is 408 g/mol. The highest BCUT2D eigenvalue weighted by atomic mass is 35.5. The lowest BCUT2D eigenvalue weighted by atomic mass is 10.2. The van der Waals surface area contributed by atoms with E-state index in [1.54, 1.807) is 37.3 Å². The van der Waals surface area contributed by atoms with Crippen molar-refractivity contribution in [3.8, 4) is 5.75 Å². The number of thiocarbonyl (C=S) groups is 1. The molecule has 2 rings (SSSR count). The molecule has 1 aromatic carbocycles. The molecule has 1 heterocycles. The maximum absolute atomic E-state index is 11.8. The Kier molecular flexibility index (Phi) is 7.39. The second kappa shape index (κ2) is 9.75. The lowest BCUT2D eigenvalue weighted by molar-refractivity contribution is -0.123. The SMILES string of the molecule is Cc1ccc(C=CC(=O)NC(=S)NNC(=O)COc2ccc(Cl)cc2C)o1. The maximum Gasteiger partial charge on any atom is 0.276 e. The number of amides is 2. The van der Waals surface area contributed by atoms with Crippen molar-refractivity contribution in [2.45, 2.75) is 13.8 Å². The van der Waals surface area contributed by atoms with Crippen LogP contribution in [0.5, 0.6) is 5.75 Å². The quantitative estimate of drug-likeness (QED) is 0.401. The molecule has 2 aromatic rings. The van der Waals surface area contributed by atoms with E-state index >= 15 is 0 Å². The van der Waals surface area contributed by atoms with Gasteiger partial charge in [-0.25, -0.2) is 0 Å². The van der Waals surface area contributed by atoms with Gasteiger partial charge >= 0.3 is 0 Å². The molecule has 0 radical (unpaired) electrons. The third-order valence-corrected chi connectivity index (χ3v) is 3.65. The van der Waals surface area contributed by atoms with Crippen LogP contribution in [0.4, 0.5) is 0 Å². The summed E-state index contributed by atoms with van der Waals surface area (Å²) in [7, 11) is 0. The predicted octanol–water partition coefficient (Wildman–Crippen LogP) is 2.66. The molecule has 7 nitrogen and oxygen atoms in total. The third kappa shape index (κ3) is 7.12. The molecule has 0 aliphatic heterocycles. The van der Waals surface area contributed by atoms with Crippen molar-refractivity contribution in [2.24, 2.45) is 0 Å². The molecule has 0 bridgehead atoms. The number of carbonyl (C=O) groups excluding carboxylic acids is 2. The van der Waals surface area contributed by atoms with Crippen LogP contribution in [0.2, 0.25) is 5.02 Å². The van der Waals surface area contributed by atoms with Crippen LogP contribution in [0.25, 0.3) is 6.08 Å². The van der Waals surface area contributed by atoms with E-state index in [2.05, 4.69) is 16.2 Å². The molecular weight excluding hydrogens is 390 g/mol. The summed E-state index contributed by atoms with van der Waals surface area (Å²) in [5.41, 5.74) is 5.55. The number of halogens is 1. The Morgan fingerprint density at radius 1 is 1.22 bits per heavy atom. The van der Waals surface area contributed by atoms with Gasteiger partial charge < -0.3 is 9.15 Å². The summed E-state index contributed by atoms with van der Waals surface area (Å²) in [6, 6.07) is 8.60. The van der Waals surface area contributed by atoms with Crippen molar-refractivity contribution in [3.05, 3.63) is 58.5 Å². The molecule has 0 saturated carbocycles. The number of carbonyl (C=O) groups is 2. The zero-order valence-corrected chi connectivity index (χ0v) is 16.2. The Labute approximate surface area is 166 Å². The second-order valence-electron chi connectivity index (χ2n) is 5.47. The van der Waals surface area contributed by atoms with Gasteiger partial charge in [-0.15, -0.1) is 0 Å². The van der Waals surface area contributed by atoms with Crippen LogP contribution in [0.15, 0.2) is 40.8 Å². The highest BCUT2D eigenvalue weighted by Gasteiger charge is 2.07. The molecule has 0 aliphatic carbocycles. The first kappa shape index (κ1) is 20.5. The second-order valence-corrected chi connectivity index (χ2v) is 6.32. The lowest BCUT2D eigenvalue weighted by Crippen LogP contribution is -2.49. The van der Waals surface area contributed by atoms with Crippen molar-refractivity contribution < 1.29 is 18.7 Å². The van der Waals surface area contributed by atoms with Gasteiger partial charge in [0.2, 0.25) is 5.91 Å². The molecule has 1 aromatic heterocycles. The van der Waals surface area contributed by atoms with Crippen LogP contribution >= 0.6 is 23.8 Å². The number of rotatable bonds is 5. The molecule has 142 valence electrons. The summed E-state index contributed by atoms with van der Waals surface area (Å²) in [6.45, 7) is 3.39. The van der Waals surface area contributed by atoms with E-state index < -0.39 is 11.8 Å². The summed E-state index contributed by atoms with van der Waals surface area (Å²) < 4.78 is 10.7. The van der Waals surface area contributed by atoms with Crippen molar-refractivity contribution in [3.63, 3.8) is 0 Å². The molecule has 27 heavy (non-hydrogen) atoms. The van der Waals surface area contributed by atoms with Gasteiger partial charge in [-0.05, 0) is 68.0 Å². The summed E-state index contributed by atoms with van der Waals surface area (Å²) in [5.74, 6) is 0.894. The minimum atomic E-state index is -0.470. The predicted molar refractivity (Wildman–Crippen MR) is 106 cm³/mol. The zero-order valence-electron chi connectivity index (χ0n) is 14.7. The zero-order chi connectivity index (χ0) is 19.8. The summed E-state index contributed by atoms with van der Waals surface area (Å²) in [4.78, 5) is 23.5. The fourth-order valence-corrected chi connectivity index (χ4v) is 2.34. The summed E-state index contributed by atoms with van der Waals surface area (Å²) in [6.07, 6.45) is 2.77. The van der Waals surface area contributed by atoms with Crippen molar-refractivity contribution in [2.75, 3.05) is 6.61 Å². The van der Waals surface area contributed by atoms with E-state index in [9.17, 15) is 9.59 Å². The van der Waals surface area contributed by atoms with Crippen molar-refractivity contribution >= 4 is 46.8 Å². The molecule has 0 atom stereocenters. The Morgan fingerprint density at radius 2 is 2.00 bits per heavy atom. The van der Waals surface area contributed by atoms with Crippen molar-refractivity contribution in [1.82, 2.24) is 16.2 Å². The minimum Gasteiger partial charge on any atom is -0.483 e. The number of ether oxygens (including phenoxy) is 1. The van der Waals surface area contributed by atoms with E-state index in [1.807, 2.05) is 6.92 Å². The largest absolute Gasteiger partial charge is 0.483 e. The number of furan rings is 1. The molecule has 9 heteroatoms. The fourth-order valence-electron chi connectivity index (χ4n) is 1.97.